The van der Waals surface area contributed by atoms with Crippen molar-refractivity contribution in [3.05, 3.63) is 59.7 Å². The molecule has 2 aromatic carbocycles. The van der Waals surface area contributed by atoms with Gasteiger partial charge < -0.3 is 15.0 Å². The van der Waals surface area contributed by atoms with E-state index in [0.717, 1.165) is 17.5 Å². The summed E-state index contributed by atoms with van der Waals surface area (Å²) < 4.78 is 5.33. The van der Waals surface area contributed by atoms with Crippen LogP contribution in [0.5, 0.6) is 5.75 Å². The fraction of sp³-hybridized carbons (Fsp3) is 0.304. The summed E-state index contributed by atoms with van der Waals surface area (Å²) in [5, 5.41) is 2.93. The van der Waals surface area contributed by atoms with Crippen LogP contribution in [0.1, 0.15) is 24.0 Å². The highest BCUT2D eigenvalue weighted by Gasteiger charge is 2.33. The summed E-state index contributed by atoms with van der Waals surface area (Å²) in [5.74, 6) is 0.277. The molecule has 0 saturated carbocycles. The molecule has 1 N–H and O–H groups in total. The molecule has 1 heterocycles. The highest BCUT2D eigenvalue weighted by atomic mass is 32.2. The van der Waals surface area contributed by atoms with Crippen molar-refractivity contribution in [1.82, 2.24) is 4.90 Å². The molecule has 1 aliphatic rings. The summed E-state index contributed by atoms with van der Waals surface area (Å²) in [6, 6.07) is 13.2. The number of hydrogen-bond donors (Lipinski definition) is 1. The first-order valence-corrected chi connectivity index (χ1v) is 10.8. The van der Waals surface area contributed by atoms with Crippen LogP contribution in [0.2, 0.25) is 0 Å². The summed E-state index contributed by atoms with van der Waals surface area (Å²) in [7, 11) is 1.57. The van der Waals surface area contributed by atoms with Crippen LogP contribution in [0.4, 0.5) is 5.69 Å². The van der Waals surface area contributed by atoms with Gasteiger partial charge in [0.05, 0.1) is 12.8 Å². The molecule has 0 spiro atoms. The zero-order chi connectivity index (χ0) is 20.8. The SMILES string of the molecule is COc1ccc(C)cc1NC(=O)C1CCCN1C(=O)/C=C/c1ccc(SC)cc1. The van der Waals surface area contributed by atoms with Crippen molar-refractivity contribution in [1.29, 1.82) is 0 Å². The standard InChI is InChI=1S/C23H26N2O3S/c1-16-6-12-21(28-2)19(15-16)24-23(27)20-5-4-14-25(20)22(26)13-9-17-7-10-18(29-3)11-8-17/h6-13,15,20H,4-5,14H2,1-3H3,(H,24,27)/b13-9+. The van der Waals surface area contributed by atoms with Crippen molar-refractivity contribution in [2.24, 2.45) is 0 Å². The maximum Gasteiger partial charge on any atom is 0.247 e. The summed E-state index contributed by atoms with van der Waals surface area (Å²) >= 11 is 1.68. The van der Waals surface area contributed by atoms with E-state index in [4.69, 9.17) is 4.74 Å². The summed E-state index contributed by atoms with van der Waals surface area (Å²) in [6.45, 7) is 2.54. The second-order valence-electron chi connectivity index (χ2n) is 6.99. The highest BCUT2D eigenvalue weighted by molar-refractivity contribution is 7.98. The van der Waals surface area contributed by atoms with Crippen molar-refractivity contribution >= 4 is 35.3 Å². The maximum absolute atomic E-state index is 12.9. The number of nitrogens with one attached hydrogen (secondary N) is 1. The number of likely N-dealkylation sites (tertiary alicyclic amines) is 1. The zero-order valence-corrected chi connectivity index (χ0v) is 17.8. The molecule has 1 saturated heterocycles. The number of ether oxygens (including phenoxy) is 1. The summed E-state index contributed by atoms with van der Waals surface area (Å²) in [5.41, 5.74) is 2.61. The Morgan fingerprint density at radius 1 is 1.21 bits per heavy atom. The largest absolute Gasteiger partial charge is 0.495 e. The van der Waals surface area contributed by atoms with Gasteiger partial charge in [0, 0.05) is 17.5 Å². The van der Waals surface area contributed by atoms with Crippen molar-refractivity contribution in [3.8, 4) is 5.75 Å². The Hall–Kier alpha value is -2.73. The normalized spacial score (nSPS) is 16.2. The molecule has 1 atom stereocenters. The van der Waals surface area contributed by atoms with E-state index in [1.54, 1.807) is 35.9 Å². The number of methoxy groups -OCH3 is 1. The minimum absolute atomic E-state index is 0.146. The molecule has 0 aliphatic carbocycles. The number of rotatable bonds is 6. The number of anilines is 1. The average molecular weight is 411 g/mol. The molecule has 0 aromatic heterocycles. The van der Waals surface area contributed by atoms with Gasteiger partial charge in [-0.05, 0) is 67.5 Å². The van der Waals surface area contributed by atoms with E-state index in [-0.39, 0.29) is 11.8 Å². The van der Waals surface area contributed by atoms with E-state index in [2.05, 4.69) is 5.32 Å². The number of thioether (sulfide) groups is 1. The monoisotopic (exact) mass is 410 g/mol. The molecule has 3 rings (SSSR count). The first-order valence-electron chi connectivity index (χ1n) is 9.60. The van der Waals surface area contributed by atoms with Crippen molar-refractivity contribution in [2.75, 3.05) is 25.2 Å². The number of aryl methyl sites for hydroxylation is 1. The fourth-order valence-corrected chi connectivity index (χ4v) is 3.83. The van der Waals surface area contributed by atoms with E-state index in [9.17, 15) is 9.59 Å². The second kappa shape index (κ2) is 9.65. The third kappa shape index (κ3) is 5.21. The number of hydrogen-bond acceptors (Lipinski definition) is 4. The molecule has 1 aliphatic heterocycles. The quantitative estimate of drug-likeness (QED) is 0.568. The third-order valence-corrected chi connectivity index (χ3v) is 5.73. The molecule has 2 amide bonds. The lowest BCUT2D eigenvalue weighted by Gasteiger charge is -2.23. The smallest absolute Gasteiger partial charge is 0.247 e. The van der Waals surface area contributed by atoms with Gasteiger partial charge in [-0.1, -0.05) is 18.2 Å². The molecule has 1 unspecified atom stereocenters. The Labute approximate surface area is 176 Å². The molecule has 152 valence electrons. The van der Waals surface area contributed by atoms with Crippen molar-refractivity contribution in [2.45, 2.75) is 30.7 Å². The van der Waals surface area contributed by atoms with Gasteiger partial charge in [-0.15, -0.1) is 11.8 Å². The predicted molar refractivity (Wildman–Crippen MR) is 118 cm³/mol. The van der Waals surface area contributed by atoms with Crippen LogP contribution in [-0.4, -0.2) is 42.7 Å². The lowest BCUT2D eigenvalue weighted by molar-refractivity contribution is -0.132. The minimum atomic E-state index is -0.476. The van der Waals surface area contributed by atoms with Gasteiger partial charge in [0.25, 0.3) is 0 Å². The van der Waals surface area contributed by atoms with Crippen molar-refractivity contribution < 1.29 is 14.3 Å². The van der Waals surface area contributed by atoms with Gasteiger partial charge in [0.2, 0.25) is 11.8 Å². The van der Waals surface area contributed by atoms with Gasteiger partial charge in [0.15, 0.2) is 0 Å². The van der Waals surface area contributed by atoms with E-state index in [0.29, 0.717) is 24.4 Å². The van der Waals surface area contributed by atoms with Crippen LogP contribution in [0.3, 0.4) is 0 Å². The number of nitrogens with zero attached hydrogens (tertiary/aromatic N) is 1. The van der Waals surface area contributed by atoms with E-state index >= 15 is 0 Å². The Bertz CT molecular complexity index is 909. The van der Waals surface area contributed by atoms with E-state index in [1.165, 1.54) is 4.90 Å². The molecule has 2 aromatic rings. The molecule has 6 heteroatoms. The molecular formula is C23H26N2O3S. The molecule has 0 radical (unpaired) electrons. The van der Waals surface area contributed by atoms with Crippen LogP contribution in [0.25, 0.3) is 6.08 Å². The topological polar surface area (TPSA) is 58.6 Å². The first kappa shape index (κ1) is 21.0. The predicted octanol–water partition coefficient (Wildman–Crippen LogP) is 4.37. The van der Waals surface area contributed by atoms with Crippen molar-refractivity contribution in [3.63, 3.8) is 0 Å². The number of amides is 2. The van der Waals surface area contributed by atoms with Crippen LogP contribution in [0, 0.1) is 6.92 Å². The highest BCUT2D eigenvalue weighted by Crippen LogP contribution is 2.27. The number of carbonyl (C=O) groups is 2. The van der Waals surface area contributed by atoms with Crippen LogP contribution < -0.4 is 10.1 Å². The molecule has 1 fully saturated rings. The van der Waals surface area contributed by atoms with Crippen LogP contribution >= 0.6 is 11.8 Å². The van der Waals surface area contributed by atoms with Gasteiger partial charge >= 0.3 is 0 Å². The lowest BCUT2D eigenvalue weighted by Crippen LogP contribution is -2.42. The van der Waals surface area contributed by atoms with E-state index < -0.39 is 6.04 Å². The summed E-state index contributed by atoms with van der Waals surface area (Å²) in [6.07, 6.45) is 6.84. The fourth-order valence-electron chi connectivity index (χ4n) is 3.42. The molecule has 29 heavy (non-hydrogen) atoms. The molecular weight excluding hydrogens is 384 g/mol. The molecule has 5 nitrogen and oxygen atoms in total. The second-order valence-corrected chi connectivity index (χ2v) is 7.87. The van der Waals surface area contributed by atoms with Crippen LogP contribution in [0.15, 0.2) is 53.4 Å². The van der Waals surface area contributed by atoms with Gasteiger partial charge in [-0.2, -0.15) is 0 Å². The van der Waals surface area contributed by atoms with E-state index in [1.807, 2.05) is 55.6 Å². The lowest BCUT2D eigenvalue weighted by atomic mass is 10.1. The van der Waals surface area contributed by atoms with Crippen LogP contribution in [-0.2, 0) is 9.59 Å². The molecule has 0 bridgehead atoms. The number of carbonyl (C=O) groups excluding carboxylic acids is 2. The van der Waals surface area contributed by atoms with Gasteiger partial charge in [0.1, 0.15) is 11.8 Å². The Balaban J connectivity index is 1.68. The zero-order valence-electron chi connectivity index (χ0n) is 17.0. The van der Waals surface area contributed by atoms with Gasteiger partial charge in [-0.25, -0.2) is 0 Å². The average Bonchev–Trinajstić information content (AvgIpc) is 3.23. The Morgan fingerprint density at radius 2 is 1.97 bits per heavy atom. The Morgan fingerprint density at radius 3 is 2.66 bits per heavy atom. The Kier molecular flexibility index (Phi) is 6.99. The summed E-state index contributed by atoms with van der Waals surface area (Å²) in [4.78, 5) is 28.4. The van der Waals surface area contributed by atoms with Gasteiger partial charge in [-0.3, -0.25) is 9.59 Å². The first-order chi connectivity index (χ1) is 14.0. The maximum atomic E-state index is 12.9. The third-order valence-electron chi connectivity index (χ3n) is 4.99. The minimum Gasteiger partial charge on any atom is -0.495 e. The number of benzene rings is 2.